The highest BCUT2D eigenvalue weighted by molar-refractivity contribution is 6.31. The van der Waals surface area contributed by atoms with Crippen molar-refractivity contribution >= 4 is 23.6 Å². The average Bonchev–Trinajstić information content (AvgIpc) is 2.90. The molecule has 0 saturated carbocycles. The van der Waals surface area contributed by atoms with Gasteiger partial charge in [0.15, 0.2) is 11.5 Å². The summed E-state index contributed by atoms with van der Waals surface area (Å²) < 4.78 is 10.6. The summed E-state index contributed by atoms with van der Waals surface area (Å²) in [6.45, 7) is 0. The van der Waals surface area contributed by atoms with Gasteiger partial charge in [0.05, 0.1) is 19.9 Å². The number of hydrogen-bond acceptors (Lipinski definition) is 4. The number of carbonyl (C=O) groups excluding carboxylic acids is 2. The molecule has 0 unspecified atom stereocenters. The maximum absolute atomic E-state index is 12.6. The summed E-state index contributed by atoms with van der Waals surface area (Å²) in [5.74, 6) is 0.105. The van der Waals surface area contributed by atoms with Crippen LogP contribution in [0.5, 0.6) is 11.5 Å². The molecule has 0 spiro atoms. The molecule has 1 fully saturated rings. The number of nitrogens with zero attached hydrogens (tertiary/aromatic N) is 1. The second-order valence-electron chi connectivity index (χ2n) is 5.06. The minimum atomic E-state index is -0.464. The smallest absolute Gasteiger partial charge is 0.282 e. The van der Waals surface area contributed by atoms with Crippen molar-refractivity contribution in [3.63, 3.8) is 0 Å². The number of anilines is 1. The first-order chi connectivity index (χ1) is 11.7. The molecule has 6 heteroatoms. The van der Waals surface area contributed by atoms with Crippen LogP contribution < -0.4 is 19.9 Å². The van der Waals surface area contributed by atoms with Crippen LogP contribution in [0.15, 0.2) is 54.1 Å². The van der Waals surface area contributed by atoms with Crippen LogP contribution >= 0.6 is 0 Å². The summed E-state index contributed by atoms with van der Waals surface area (Å²) >= 11 is 0. The van der Waals surface area contributed by atoms with Crippen LogP contribution in [0.1, 0.15) is 5.56 Å². The van der Waals surface area contributed by atoms with Crippen LogP contribution in [0.4, 0.5) is 5.69 Å². The predicted molar refractivity (Wildman–Crippen MR) is 89.6 cm³/mol. The first-order valence-electron chi connectivity index (χ1n) is 7.29. The van der Waals surface area contributed by atoms with Crippen LogP contribution in [0.3, 0.4) is 0 Å². The monoisotopic (exact) mass is 324 g/mol. The average molecular weight is 324 g/mol. The van der Waals surface area contributed by atoms with E-state index in [0.29, 0.717) is 22.7 Å². The number of rotatable bonds is 4. The Kier molecular flexibility index (Phi) is 4.20. The number of nitrogens with one attached hydrogen (secondary N) is 1. The predicted octanol–water partition coefficient (Wildman–Crippen LogP) is 2.17. The van der Waals surface area contributed by atoms with E-state index in [2.05, 4.69) is 5.43 Å². The first kappa shape index (κ1) is 15.6. The van der Waals surface area contributed by atoms with Gasteiger partial charge in [0.25, 0.3) is 11.8 Å². The minimum absolute atomic E-state index is 0.0328. The number of ether oxygens (including phenoxy) is 2. The van der Waals surface area contributed by atoms with Gasteiger partial charge in [0.1, 0.15) is 5.57 Å². The molecule has 1 heterocycles. The molecule has 24 heavy (non-hydrogen) atoms. The van der Waals surface area contributed by atoms with E-state index in [-0.39, 0.29) is 5.57 Å². The third-order valence-electron chi connectivity index (χ3n) is 3.64. The van der Waals surface area contributed by atoms with Gasteiger partial charge in [-0.1, -0.05) is 30.3 Å². The van der Waals surface area contributed by atoms with Gasteiger partial charge in [-0.2, -0.15) is 0 Å². The van der Waals surface area contributed by atoms with E-state index in [1.54, 1.807) is 42.5 Å². The van der Waals surface area contributed by atoms with Crippen molar-refractivity contribution in [2.24, 2.45) is 0 Å². The molecule has 122 valence electrons. The Labute approximate surface area is 139 Å². The summed E-state index contributed by atoms with van der Waals surface area (Å²) in [5, 5.41) is 1.22. The highest BCUT2D eigenvalue weighted by Gasteiger charge is 2.34. The quantitative estimate of drug-likeness (QED) is 0.691. The van der Waals surface area contributed by atoms with Crippen molar-refractivity contribution in [2.45, 2.75) is 0 Å². The number of para-hydroxylation sites is 2. The van der Waals surface area contributed by atoms with Crippen molar-refractivity contribution in [3.05, 3.63) is 59.7 Å². The van der Waals surface area contributed by atoms with Crippen LogP contribution in [0.2, 0.25) is 0 Å². The Morgan fingerprint density at radius 3 is 2.38 bits per heavy atom. The Hall–Kier alpha value is -3.28. The summed E-state index contributed by atoms with van der Waals surface area (Å²) in [7, 11) is 3.03. The van der Waals surface area contributed by atoms with E-state index in [1.807, 2.05) is 6.07 Å². The lowest BCUT2D eigenvalue weighted by Crippen LogP contribution is -2.35. The SMILES string of the molecule is COc1cccc(/C=C2/C(=O)NN(c3ccccc3)C2=O)c1OC. The molecule has 3 rings (SSSR count). The van der Waals surface area contributed by atoms with Crippen molar-refractivity contribution < 1.29 is 19.1 Å². The van der Waals surface area contributed by atoms with Gasteiger partial charge >= 0.3 is 0 Å². The molecular weight excluding hydrogens is 308 g/mol. The number of amides is 2. The van der Waals surface area contributed by atoms with Crippen LogP contribution in [-0.4, -0.2) is 26.0 Å². The van der Waals surface area contributed by atoms with Gasteiger partial charge in [-0.3, -0.25) is 15.0 Å². The fraction of sp³-hybridized carbons (Fsp3) is 0.111. The van der Waals surface area contributed by atoms with Crippen molar-refractivity contribution in [2.75, 3.05) is 19.2 Å². The topological polar surface area (TPSA) is 67.9 Å². The second kappa shape index (κ2) is 6.45. The zero-order chi connectivity index (χ0) is 17.1. The molecule has 0 bridgehead atoms. The van der Waals surface area contributed by atoms with Gasteiger partial charge in [-0.25, -0.2) is 5.01 Å². The molecule has 1 N–H and O–H groups in total. The van der Waals surface area contributed by atoms with E-state index in [1.165, 1.54) is 25.3 Å². The molecule has 2 aromatic rings. The Bertz CT molecular complexity index is 815. The highest BCUT2D eigenvalue weighted by atomic mass is 16.5. The number of hydrazine groups is 1. The minimum Gasteiger partial charge on any atom is -0.493 e. The molecular formula is C18H16N2O4. The number of methoxy groups -OCH3 is 2. The zero-order valence-electron chi connectivity index (χ0n) is 13.3. The van der Waals surface area contributed by atoms with Crippen LogP contribution in [0.25, 0.3) is 6.08 Å². The zero-order valence-corrected chi connectivity index (χ0v) is 13.3. The van der Waals surface area contributed by atoms with Gasteiger partial charge in [-0.05, 0) is 24.3 Å². The number of benzene rings is 2. The highest BCUT2D eigenvalue weighted by Crippen LogP contribution is 2.33. The summed E-state index contributed by atoms with van der Waals surface area (Å²) in [6, 6.07) is 14.2. The summed E-state index contributed by atoms with van der Waals surface area (Å²) in [5.41, 5.74) is 3.78. The third-order valence-corrected chi connectivity index (χ3v) is 3.64. The molecule has 0 aliphatic carbocycles. The molecule has 0 atom stereocenters. The van der Waals surface area contributed by atoms with Crippen molar-refractivity contribution in [1.29, 1.82) is 0 Å². The van der Waals surface area contributed by atoms with E-state index in [9.17, 15) is 9.59 Å². The molecule has 1 aliphatic rings. The fourth-order valence-corrected chi connectivity index (χ4v) is 2.50. The second-order valence-corrected chi connectivity index (χ2v) is 5.06. The molecule has 0 aromatic heterocycles. The maximum atomic E-state index is 12.6. The van der Waals surface area contributed by atoms with Gasteiger partial charge in [0.2, 0.25) is 0 Å². The molecule has 6 nitrogen and oxygen atoms in total. The summed E-state index contributed by atoms with van der Waals surface area (Å²) in [6.07, 6.45) is 1.50. The van der Waals surface area contributed by atoms with Gasteiger partial charge < -0.3 is 9.47 Å². The molecule has 1 aliphatic heterocycles. The number of hydrogen-bond donors (Lipinski definition) is 1. The molecule has 2 aromatic carbocycles. The first-order valence-corrected chi connectivity index (χ1v) is 7.29. The van der Waals surface area contributed by atoms with E-state index < -0.39 is 11.8 Å². The maximum Gasteiger partial charge on any atom is 0.282 e. The fourth-order valence-electron chi connectivity index (χ4n) is 2.50. The lowest BCUT2D eigenvalue weighted by atomic mass is 10.1. The van der Waals surface area contributed by atoms with Crippen molar-refractivity contribution in [1.82, 2.24) is 5.43 Å². The Morgan fingerprint density at radius 2 is 1.71 bits per heavy atom. The number of carbonyl (C=O) groups is 2. The normalized spacial score (nSPS) is 15.6. The van der Waals surface area contributed by atoms with Crippen LogP contribution in [0, 0.1) is 0 Å². The van der Waals surface area contributed by atoms with Gasteiger partial charge in [0, 0.05) is 5.56 Å². The molecule has 0 radical (unpaired) electrons. The molecule has 1 saturated heterocycles. The van der Waals surface area contributed by atoms with Gasteiger partial charge in [-0.15, -0.1) is 0 Å². The largest absolute Gasteiger partial charge is 0.493 e. The lowest BCUT2D eigenvalue weighted by Gasteiger charge is -2.14. The third kappa shape index (κ3) is 2.69. The Morgan fingerprint density at radius 1 is 0.958 bits per heavy atom. The standard InChI is InChI=1S/C18H16N2O4/c1-23-15-10-6-7-12(16(15)24-2)11-14-17(21)19-20(18(14)22)13-8-4-3-5-9-13/h3-11H,1-2H3,(H,19,21)/b14-11-. The molecule has 2 amide bonds. The van der Waals surface area contributed by atoms with E-state index >= 15 is 0 Å². The Balaban J connectivity index is 2.00. The van der Waals surface area contributed by atoms with Crippen molar-refractivity contribution in [3.8, 4) is 11.5 Å². The van der Waals surface area contributed by atoms with E-state index in [0.717, 1.165) is 0 Å². The van der Waals surface area contributed by atoms with Crippen LogP contribution in [-0.2, 0) is 9.59 Å². The lowest BCUT2D eigenvalue weighted by molar-refractivity contribution is -0.117. The summed E-state index contributed by atoms with van der Waals surface area (Å²) in [4.78, 5) is 24.8. The van der Waals surface area contributed by atoms with E-state index in [4.69, 9.17) is 9.47 Å².